The Labute approximate surface area is 171 Å². The van der Waals surface area contributed by atoms with Crippen LogP contribution in [0.3, 0.4) is 0 Å². The van der Waals surface area contributed by atoms with Crippen molar-refractivity contribution in [1.82, 2.24) is 9.30 Å². The van der Waals surface area contributed by atoms with E-state index in [0.29, 0.717) is 5.56 Å². The summed E-state index contributed by atoms with van der Waals surface area (Å²) < 4.78 is 3.00. The van der Waals surface area contributed by atoms with Gasteiger partial charge in [0.05, 0.1) is 11.7 Å². The van der Waals surface area contributed by atoms with Crippen LogP contribution in [0.1, 0.15) is 75.1 Å². The predicted molar refractivity (Wildman–Crippen MR) is 115 cm³/mol. The van der Waals surface area contributed by atoms with Gasteiger partial charge in [0.25, 0.3) is 0 Å². The van der Waals surface area contributed by atoms with Crippen LogP contribution >= 0.6 is 15.9 Å². The molecular formula is C21H33BrN2O3. The highest BCUT2D eigenvalue weighted by Crippen LogP contribution is 2.31. The van der Waals surface area contributed by atoms with E-state index in [1.165, 1.54) is 0 Å². The van der Waals surface area contributed by atoms with Gasteiger partial charge in [0.15, 0.2) is 0 Å². The summed E-state index contributed by atoms with van der Waals surface area (Å²) in [5, 5.41) is 19.2. The molecule has 152 valence electrons. The third kappa shape index (κ3) is 5.33. The Bertz CT molecular complexity index is 749. The zero-order valence-corrected chi connectivity index (χ0v) is 18.9. The topological polar surface area (TPSA) is 65.2 Å². The molecule has 6 heteroatoms. The minimum Gasteiger partial charge on any atom is -0.478 e. The van der Waals surface area contributed by atoms with Crippen molar-refractivity contribution in [3.05, 3.63) is 39.6 Å². The first-order chi connectivity index (χ1) is 12.9. The van der Waals surface area contributed by atoms with E-state index < -0.39 is 5.97 Å². The van der Waals surface area contributed by atoms with E-state index in [-0.39, 0.29) is 12.1 Å². The number of rotatable bonds is 3. The van der Waals surface area contributed by atoms with Gasteiger partial charge in [-0.15, -0.1) is 0 Å². The summed E-state index contributed by atoms with van der Waals surface area (Å²) in [6, 6.07) is 3.74. The Morgan fingerprint density at radius 3 is 2.26 bits per heavy atom. The zero-order chi connectivity index (χ0) is 20.7. The lowest BCUT2D eigenvalue weighted by molar-refractivity contribution is 0.0631. The van der Waals surface area contributed by atoms with E-state index in [9.17, 15) is 15.0 Å². The number of hydrogen-bond acceptors (Lipinski definition) is 3. The molecule has 0 radical (unpaired) electrons. The second kappa shape index (κ2) is 10.8. The molecule has 1 saturated heterocycles. The van der Waals surface area contributed by atoms with Gasteiger partial charge in [-0.05, 0) is 60.3 Å². The van der Waals surface area contributed by atoms with Crippen molar-refractivity contribution in [2.24, 2.45) is 0 Å². The van der Waals surface area contributed by atoms with Crippen molar-refractivity contribution in [3.8, 4) is 0 Å². The highest BCUT2D eigenvalue weighted by Gasteiger charge is 2.26. The number of aliphatic hydroxyl groups is 1. The summed E-state index contributed by atoms with van der Waals surface area (Å²) >= 11 is 3.48. The van der Waals surface area contributed by atoms with Crippen LogP contribution in [0.2, 0.25) is 0 Å². The number of hydrogen-bond donors (Lipinski definition) is 2. The number of piperidine rings is 1. The summed E-state index contributed by atoms with van der Waals surface area (Å²) in [6.45, 7) is 13.6. The standard InChI is InChI=1S/C17H21BrN2O3.2C2H6/c1-10-15(17(22)23)8-13-7-12(18)9-20(13)16(10)11(2)19-5-3-14(21)4-6-19;2*1-2/h7-9,11,14,21H,3-6H2,1-2H3,(H,22,23);2*1-2H3. The van der Waals surface area contributed by atoms with Gasteiger partial charge in [-0.2, -0.15) is 0 Å². The Morgan fingerprint density at radius 1 is 1.19 bits per heavy atom. The quantitative estimate of drug-likeness (QED) is 0.681. The number of pyridine rings is 1. The molecule has 0 aliphatic carbocycles. The van der Waals surface area contributed by atoms with Gasteiger partial charge in [-0.25, -0.2) is 4.79 Å². The number of likely N-dealkylation sites (tertiary alicyclic amines) is 1. The van der Waals surface area contributed by atoms with Crippen molar-refractivity contribution >= 4 is 27.4 Å². The molecule has 1 atom stereocenters. The van der Waals surface area contributed by atoms with Crippen LogP contribution in [0.15, 0.2) is 22.8 Å². The highest BCUT2D eigenvalue weighted by molar-refractivity contribution is 9.10. The van der Waals surface area contributed by atoms with Crippen LogP contribution in [0, 0.1) is 6.92 Å². The largest absolute Gasteiger partial charge is 0.478 e. The molecule has 0 bridgehead atoms. The molecule has 0 amide bonds. The lowest BCUT2D eigenvalue weighted by Gasteiger charge is -2.35. The number of carboxylic acid groups (broad SMARTS) is 1. The number of aromatic carboxylic acids is 1. The fourth-order valence-corrected chi connectivity index (χ4v) is 3.96. The van der Waals surface area contributed by atoms with Crippen LogP contribution in [-0.2, 0) is 0 Å². The van der Waals surface area contributed by atoms with Crippen molar-refractivity contribution in [3.63, 3.8) is 0 Å². The van der Waals surface area contributed by atoms with Gasteiger partial charge in [-0.1, -0.05) is 27.7 Å². The molecule has 2 aromatic heterocycles. The Hall–Kier alpha value is -1.37. The fourth-order valence-electron chi connectivity index (χ4n) is 3.52. The van der Waals surface area contributed by atoms with E-state index in [2.05, 4.69) is 32.2 Å². The van der Waals surface area contributed by atoms with E-state index in [0.717, 1.165) is 47.2 Å². The molecular weight excluding hydrogens is 408 g/mol. The molecule has 3 rings (SSSR count). The maximum absolute atomic E-state index is 11.6. The monoisotopic (exact) mass is 440 g/mol. The number of carboxylic acids is 1. The van der Waals surface area contributed by atoms with E-state index in [1.54, 1.807) is 6.07 Å². The minimum absolute atomic E-state index is 0.0867. The SMILES string of the molecule is CC.CC.Cc1c(C(=O)O)cc2cc(Br)cn2c1C(C)N1CCC(O)CC1. The van der Waals surface area contributed by atoms with E-state index in [4.69, 9.17) is 0 Å². The van der Waals surface area contributed by atoms with Gasteiger partial charge >= 0.3 is 5.97 Å². The first-order valence-electron chi connectivity index (χ1n) is 9.85. The number of carbonyl (C=O) groups is 1. The van der Waals surface area contributed by atoms with Crippen LogP contribution in [-0.4, -0.2) is 44.7 Å². The normalized spacial score (nSPS) is 16.1. The number of fused-ring (bicyclic) bond motifs is 1. The van der Waals surface area contributed by atoms with Crippen molar-refractivity contribution in [2.45, 2.75) is 66.5 Å². The van der Waals surface area contributed by atoms with Crippen LogP contribution in [0.25, 0.3) is 5.52 Å². The molecule has 27 heavy (non-hydrogen) atoms. The molecule has 2 aromatic rings. The van der Waals surface area contributed by atoms with Crippen LogP contribution in [0.5, 0.6) is 0 Å². The highest BCUT2D eigenvalue weighted by atomic mass is 79.9. The molecule has 2 N–H and O–H groups in total. The lowest BCUT2D eigenvalue weighted by Crippen LogP contribution is -2.38. The summed E-state index contributed by atoms with van der Waals surface area (Å²) in [5.74, 6) is -0.898. The zero-order valence-electron chi connectivity index (χ0n) is 17.3. The van der Waals surface area contributed by atoms with Gasteiger partial charge in [0, 0.05) is 41.0 Å². The fraction of sp³-hybridized carbons (Fsp3) is 0.571. The Kier molecular flexibility index (Phi) is 9.50. The van der Waals surface area contributed by atoms with Gasteiger partial charge < -0.3 is 14.6 Å². The van der Waals surface area contributed by atoms with E-state index >= 15 is 0 Å². The Balaban J connectivity index is 0.000000855. The van der Waals surface area contributed by atoms with Gasteiger partial charge in [0.1, 0.15) is 0 Å². The third-order valence-corrected chi connectivity index (χ3v) is 5.26. The van der Waals surface area contributed by atoms with Crippen molar-refractivity contribution in [2.75, 3.05) is 13.1 Å². The lowest BCUT2D eigenvalue weighted by atomic mass is 9.99. The first kappa shape index (κ1) is 23.7. The van der Waals surface area contributed by atoms with Gasteiger partial charge in [-0.3, -0.25) is 4.90 Å². The Morgan fingerprint density at radius 2 is 1.74 bits per heavy atom. The predicted octanol–water partition coefficient (Wildman–Crippen LogP) is 5.28. The second-order valence-corrected chi connectivity index (χ2v) is 7.19. The molecule has 1 aliphatic rings. The molecule has 0 spiro atoms. The van der Waals surface area contributed by atoms with Crippen LogP contribution < -0.4 is 0 Å². The average Bonchev–Trinajstić information content (AvgIpc) is 3.04. The summed E-state index contributed by atoms with van der Waals surface area (Å²) in [5.41, 5.74) is 3.02. The van der Waals surface area contributed by atoms with Gasteiger partial charge in [0.2, 0.25) is 0 Å². The van der Waals surface area contributed by atoms with Crippen LogP contribution in [0.4, 0.5) is 0 Å². The summed E-state index contributed by atoms with van der Waals surface area (Å²) in [7, 11) is 0. The first-order valence-corrected chi connectivity index (χ1v) is 10.6. The number of nitrogens with zero attached hydrogens (tertiary/aromatic N) is 2. The summed E-state index contributed by atoms with van der Waals surface area (Å²) in [4.78, 5) is 13.9. The smallest absolute Gasteiger partial charge is 0.336 e. The molecule has 3 heterocycles. The summed E-state index contributed by atoms with van der Waals surface area (Å²) in [6.07, 6.45) is 3.30. The molecule has 1 unspecified atom stereocenters. The second-order valence-electron chi connectivity index (χ2n) is 6.27. The molecule has 5 nitrogen and oxygen atoms in total. The minimum atomic E-state index is -0.898. The molecule has 0 aromatic carbocycles. The van der Waals surface area contributed by atoms with Crippen molar-refractivity contribution in [1.29, 1.82) is 0 Å². The maximum Gasteiger partial charge on any atom is 0.336 e. The maximum atomic E-state index is 11.6. The molecule has 0 saturated carbocycles. The van der Waals surface area contributed by atoms with E-state index in [1.807, 2.05) is 46.9 Å². The number of halogens is 1. The number of aromatic nitrogens is 1. The average molecular weight is 441 g/mol. The van der Waals surface area contributed by atoms with Crippen molar-refractivity contribution < 1.29 is 15.0 Å². The third-order valence-electron chi connectivity index (χ3n) is 4.83. The number of aliphatic hydroxyl groups excluding tert-OH is 1. The molecule has 1 fully saturated rings. The molecule has 1 aliphatic heterocycles.